The van der Waals surface area contributed by atoms with Crippen LogP contribution in [0.2, 0.25) is 0 Å². The molecule has 0 aliphatic rings. The SMILES string of the molecule is CCCCC[C@H](CN(C)C)C(=O)/C=C/c1ccc(F)cc1. The van der Waals surface area contributed by atoms with Gasteiger partial charge in [-0.2, -0.15) is 0 Å². The molecule has 0 amide bonds. The van der Waals surface area contributed by atoms with Gasteiger partial charge in [-0.05, 0) is 44.3 Å². The summed E-state index contributed by atoms with van der Waals surface area (Å²) < 4.78 is 12.8. The molecule has 0 heterocycles. The van der Waals surface area contributed by atoms with Crippen LogP contribution in [0.4, 0.5) is 4.39 Å². The standard InChI is InChI=1S/C18H26FNO/c1-4-5-6-7-16(14-20(2)3)18(21)13-10-15-8-11-17(19)12-9-15/h8-13,16H,4-7,14H2,1-3H3/b13-10+/t16-/m1/s1. The smallest absolute Gasteiger partial charge is 0.160 e. The predicted octanol–water partition coefficient (Wildman–Crippen LogP) is 4.17. The number of carbonyl (C=O) groups excluding carboxylic acids is 1. The van der Waals surface area contributed by atoms with Crippen LogP contribution >= 0.6 is 0 Å². The van der Waals surface area contributed by atoms with Gasteiger partial charge in [0.25, 0.3) is 0 Å². The third-order valence-corrected chi connectivity index (χ3v) is 3.45. The Labute approximate surface area is 127 Å². The average molecular weight is 291 g/mol. The number of hydrogen-bond acceptors (Lipinski definition) is 2. The Kier molecular flexibility index (Phi) is 7.91. The van der Waals surface area contributed by atoms with Crippen LogP contribution in [0.1, 0.15) is 38.2 Å². The lowest BCUT2D eigenvalue weighted by molar-refractivity contribution is -0.118. The number of carbonyl (C=O) groups is 1. The van der Waals surface area contributed by atoms with Gasteiger partial charge >= 0.3 is 0 Å². The molecular formula is C18H26FNO. The van der Waals surface area contributed by atoms with Gasteiger partial charge in [0.15, 0.2) is 5.78 Å². The lowest BCUT2D eigenvalue weighted by Gasteiger charge is -2.18. The maximum absolute atomic E-state index is 12.8. The zero-order valence-corrected chi connectivity index (χ0v) is 13.3. The van der Waals surface area contributed by atoms with Crippen LogP contribution < -0.4 is 0 Å². The van der Waals surface area contributed by atoms with Gasteiger partial charge in [-0.1, -0.05) is 44.4 Å². The molecule has 0 bridgehead atoms. The maximum atomic E-state index is 12.8. The molecule has 21 heavy (non-hydrogen) atoms. The highest BCUT2D eigenvalue weighted by molar-refractivity contribution is 5.95. The second-order valence-electron chi connectivity index (χ2n) is 5.74. The van der Waals surface area contributed by atoms with E-state index in [1.54, 1.807) is 24.3 Å². The second kappa shape index (κ2) is 9.46. The van der Waals surface area contributed by atoms with Crippen molar-refractivity contribution in [1.29, 1.82) is 0 Å². The number of nitrogens with zero attached hydrogens (tertiary/aromatic N) is 1. The molecule has 1 aromatic carbocycles. The summed E-state index contributed by atoms with van der Waals surface area (Å²) in [5, 5.41) is 0. The van der Waals surface area contributed by atoms with Crippen LogP contribution in [0.15, 0.2) is 30.3 Å². The minimum atomic E-state index is -0.261. The van der Waals surface area contributed by atoms with Crippen molar-refractivity contribution < 1.29 is 9.18 Å². The second-order valence-corrected chi connectivity index (χ2v) is 5.74. The van der Waals surface area contributed by atoms with Gasteiger partial charge in [0.2, 0.25) is 0 Å². The molecule has 1 aromatic rings. The summed E-state index contributed by atoms with van der Waals surface area (Å²) in [7, 11) is 3.98. The largest absolute Gasteiger partial charge is 0.309 e. The molecular weight excluding hydrogens is 265 g/mol. The van der Waals surface area contributed by atoms with Crippen LogP contribution in [0, 0.1) is 11.7 Å². The van der Waals surface area contributed by atoms with E-state index < -0.39 is 0 Å². The van der Waals surface area contributed by atoms with Crippen LogP contribution in [-0.2, 0) is 4.79 Å². The summed E-state index contributed by atoms with van der Waals surface area (Å²) in [6.07, 6.45) is 7.74. The Morgan fingerprint density at radius 2 is 1.90 bits per heavy atom. The Balaban J connectivity index is 2.63. The lowest BCUT2D eigenvalue weighted by Crippen LogP contribution is -2.27. The van der Waals surface area contributed by atoms with E-state index in [0.29, 0.717) is 0 Å². The third-order valence-electron chi connectivity index (χ3n) is 3.45. The van der Waals surface area contributed by atoms with E-state index in [4.69, 9.17) is 0 Å². The predicted molar refractivity (Wildman–Crippen MR) is 86.6 cm³/mol. The molecule has 0 aromatic heterocycles. The van der Waals surface area contributed by atoms with Crippen LogP contribution in [0.5, 0.6) is 0 Å². The van der Waals surface area contributed by atoms with Crippen molar-refractivity contribution in [1.82, 2.24) is 4.90 Å². The summed E-state index contributed by atoms with van der Waals surface area (Å²) >= 11 is 0. The number of ketones is 1. The molecule has 1 rings (SSSR count). The number of rotatable bonds is 9. The fourth-order valence-electron chi connectivity index (χ4n) is 2.29. The number of allylic oxidation sites excluding steroid dienone is 1. The van der Waals surface area contributed by atoms with Gasteiger partial charge in [-0.25, -0.2) is 4.39 Å². The summed E-state index contributed by atoms with van der Waals surface area (Å²) in [6.45, 7) is 2.94. The summed E-state index contributed by atoms with van der Waals surface area (Å²) in [6, 6.07) is 6.17. The third kappa shape index (κ3) is 7.19. The summed E-state index contributed by atoms with van der Waals surface area (Å²) in [5.41, 5.74) is 0.849. The van der Waals surface area contributed by atoms with E-state index >= 15 is 0 Å². The van der Waals surface area contributed by atoms with Gasteiger partial charge in [0.1, 0.15) is 5.82 Å². The summed E-state index contributed by atoms with van der Waals surface area (Å²) in [4.78, 5) is 14.4. The van der Waals surface area contributed by atoms with Crippen molar-refractivity contribution in [2.75, 3.05) is 20.6 Å². The molecule has 1 atom stereocenters. The summed E-state index contributed by atoms with van der Waals surface area (Å²) in [5.74, 6) is -0.0593. The monoisotopic (exact) mass is 291 g/mol. The number of benzene rings is 1. The topological polar surface area (TPSA) is 20.3 Å². The number of halogens is 1. The van der Waals surface area contributed by atoms with Crippen molar-refractivity contribution in [3.63, 3.8) is 0 Å². The van der Waals surface area contributed by atoms with Crippen molar-refractivity contribution >= 4 is 11.9 Å². The van der Waals surface area contributed by atoms with E-state index in [0.717, 1.165) is 31.4 Å². The van der Waals surface area contributed by atoms with Gasteiger partial charge in [0.05, 0.1) is 0 Å². The minimum Gasteiger partial charge on any atom is -0.309 e. The Morgan fingerprint density at radius 1 is 1.24 bits per heavy atom. The Bertz CT molecular complexity index is 451. The number of hydrogen-bond donors (Lipinski definition) is 0. The van der Waals surface area contributed by atoms with Crippen molar-refractivity contribution in [2.45, 2.75) is 32.6 Å². The van der Waals surface area contributed by atoms with E-state index in [2.05, 4.69) is 11.8 Å². The van der Waals surface area contributed by atoms with E-state index in [1.165, 1.54) is 18.6 Å². The first-order valence-electron chi connectivity index (χ1n) is 7.65. The first-order valence-corrected chi connectivity index (χ1v) is 7.65. The Morgan fingerprint density at radius 3 is 2.48 bits per heavy atom. The molecule has 0 fully saturated rings. The van der Waals surface area contributed by atoms with Gasteiger partial charge < -0.3 is 4.90 Å². The van der Waals surface area contributed by atoms with Crippen LogP contribution in [-0.4, -0.2) is 31.3 Å². The highest BCUT2D eigenvalue weighted by Crippen LogP contribution is 2.14. The van der Waals surface area contributed by atoms with Gasteiger partial charge in [-0.15, -0.1) is 0 Å². The molecule has 0 saturated heterocycles. The molecule has 0 saturated carbocycles. The first-order chi connectivity index (χ1) is 10.0. The van der Waals surface area contributed by atoms with Crippen LogP contribution in [0.3, 0.4) is 0 Å². The minimum absolute atomic E-state index is 0.0447. The fourth-order valence-corrected chi connectivity index (χ4v) is 2.29. The van der Waals surface area contributed by atoms with Crippen molar-refractivity contribution in [2.24, 2.45) is 5.92 Å². The molecule has 3 heteroatoms. The van der Waals surface area contributed by atoms with Gasteiger partial charge in [0, 0.05) is 12.5 Å². The molecule has 0 spiro atoms. The zero-order valence-electron chi connectivity index (χ0n) is 13.3. The Hall–Kier alpha value is -1.48. The molecule has 116 valence electrons. The zero-order chi connectivity index (χ0) is 15.7. The quantitative estimate of drug-likeness (QED) is 0.503. The normalized spacial score (nSPS) is 13.0. The number of unbranched alkanes of at least 4 members (excludes halogenated alkanes) is 2. The van der Waals surface area contributed by atoms with Crippen molar-refractivity contribution in [3.8, 4) is 0 Å². The molecule has 0 unspecified atom stereocenters. The molecule has 0 aliphatic heterocycles. The maximum Gasteiger partial charge on any atom is 0.160 e. The van der Waals surface area contributed by atoms with Crippen LogP contribution in [0.25, 0.3) is 6.08 Å². The molecule has 0 aliphatic carbocycles. The molecule has 2 nitrogen and oxygen atoms in total. The van der Waals surface area contributed by atoms with E-state index in [-0.39, 0.29) is 17.5 Å². The fraction of sp³-hybridized carbons (Fsp3) is 0.500. The van der Waals surface area contributed by atoms with E-state index in [9.17, 15) is 9.18 Å². The van der Waals surface area contributed by atoms with Gasteiger partial charge in [-0.3, -0.25) is 4.79 Å². The average Bonchev–Trinajstić information content (AvgIpc) is 2.45. The highest BCUT2D eigenvalue weighted by Gasteiger charge is 2.16. The highest BCUT2D eigenvalue weighted by atomic mass is 19.1. The molecule has 0 radical (unpaired) electrons. The van der Waals surface area contributed by atoms with E-state index in [1.807, 2.05) is 14.1 Å². The lowest BCUT2D eigenvalue weighted by atomic mass is 9.95. The molecule has 0 N–H and O–H groups in total. The van der Waals surface area contributed by atoms with Crippen molar-refractivity contribution in [3.05, 3.63) is 41.7 Å². The first kappa shape index (κ1) is 17.6.